The van der Waals surface area contributed by atoms with Crippen LogP contribution in [0.15, 0.2) is 77.0 Å². The Morgan fingerprint density at radius 2 is 1.70 bits per heavy atom. The van der Waals surface area contributed by atoms with Crippen LogP contribution in [-0.4, -0.2) is 24.5 Å². The minimum absolute atomic E-state index is 0.282. The van der Waals surface area contributed by atoms with Gasteiger partial charge >= 0.3 is 0 Å². The van der Waals surface area contributed by atoms with E-state index < -0.39 is 9.84 Å². The molecule has 2 aromatic heterocycles. The van der Waals surface area contributed by atoms with E-state index in [9.17, 15) is 8.42 Å². The summed E-state index contributed by atoms with van der Waals surface area (Å²) in [6, 6.07) is 20.3. The molecule has 27 heavy (non-hydrogen) atoms. The SMILES string of the molecule is CS(=O)(=O)c1ccc(-n2nc(-c3cccs3)cc2-c2ccc(Cl)cc2)cc1. The zero-order valence-electron chi connectivity index (χ0n) is 14.3. The molecule has 0 saturated heterocycles. The minimum Gasteiger partial charge on any atom is -0.232 e. The van der Waals surface area contributed by atoms with Crippen LogP contribution in [0.25, 0.3) is 27.5 Å². The quantitative estimate of drug-likeness (QED) is 0.453. The molecule has 4 nitrogen and oxygen atoms in total. The van der Waals surface area contributed by atoms with Gasteiger partial charge in [-0.25, -0.2) is 13.1 Å². The standard InChI is InChI=1S/C20H15ClN2O2S2/c1-27(24,25)17-10-8-16(9-11-17)23-19(14-4-6-15(21)7-5-14)13-18(22-23)20-3-2-12-26-20/h2-13H,1H3. The third kappa shape index (κ3) is 3.69. The third-order valence-corrected chi connectivity index (χ3v) is 6.41. The Labute approximate surface area is 166 Å². The summed E-state index contributed by atoms with van der Waals surface area (Å²) in [6.07, 6.45) is 1.20. The third-order valence-electron chi connectivity index (χ3n) is 4.13. The summed E-state index contributed by atoms with van der Waals surface area (Å²) in [5.74, 6) is 0. The largest absolute Gasteiger partial charge is 0.232 e. The van der Waals surface area contributed by atoms with Gasteiger partial charge in [0.15, 0.2) is 9.84 Å². The van der Waals surface area contributed by atoms with Gasteiger partial charge in [-0.1, -0.05) is 29.8 Å². The Morgan fingerprint density at radius 1 is 1.00 bits per heavy atom. The number of sulfone groups is 1. The van der Waals surface area contributed by atoms with Crippen molar-refractivity contribution < 1.29 is 8.42 Å². The molecule has 2 heterocycles. The zero-order valence-corrected chi connectivity index (χ0v) is 16.7. The maximum absolute atomic E-state index is 11.7. The fraction of sp³-hybridized carbons (Fsp3) is 0.0500. The average Bonchev–Trinajstić information content (AvgIpc) is 3.31. The molecule has 0 aliphatic heterocycles. The van der Waals surface area contributed by atoms with Gasteiger partial charge < -0.3 is 0 Å². The van der Waals surface area contributed by atoms with Crippen LogP contribution in [0.3, 0.4) is 0 Å². The molecular formula is C20H15ClN2O2S2. The summed E-state index contributed by atoms with van der Waals surface area (Å²) in [5, 5.41) is 7.44. The highest BCUT2D eigenvalue weighted by Crippen LogP contribution is 2.31. The van der Waals surface area contributed by atoms with E-state index in [2.05, 4.69) is 0 Å². The van der Waals surface area contributed by atoms with Crippen molar-refractivity contribution in [3.63, 3.8) is 0 Å². The van der Waals surface area contributed by atoms with Gasteiger partial charge in [-0.05, 0) is 53.9 Å². The highest BCUT2D eigenvalue weighted by Gasteiger charge is 2.15. The summed E-state index contributed by atoms with van der Waals surface area (Å²) < 4.78 is 25.3. The van der Waals surface area contributed by atoms with Gasteiger partial charge in [0.1, 0.15) is 5.69 Å². The number of benzene rings is 2. The Balaban J connectivity index is 1.86. The fourth-order valence-electron chi connectivity index (χ4n) is 2.78. The molecule has 0 radical (unpaired) electrons. The second-order valence-corrected chi connectivity index (χ2v) is 9.48. The Hall–Kier alpha value is -2.41. The summed E-state index contributed by atoms with van der Waals surface area (Å²) in [7, 11) is -3.24. The van der Waals surface area contributed by atoms with Crippen LogP contribution in [0, 0.1) is 0 Å². The number of thiophene rings is 1. The van der Waals surface area contributed by atoms with E-state index in [1.807, 2.05) is 52.5 Å². The highest BCUT2D eigenvalue weighted by molar-refractivity contribution is 7.90. The maximum atomic E-state index is 11.7. The van der Waals surface area contributed by atoms with E-state index in [1.165, 1.54) is 6.26 Å². The molecule has 0 bridgehead atoms. The Kier molecular flexibility index (Phi) is 4.63. The second-order valence-electron chi connectivity index (χ2n) is 6.08. The number of hydrogen-bond donors (Lipinski definition) is 0. The van der Waals surface area contributed by atoms with Gasteiger partial charge in [0.25, 0.3) is 0 Å². The number of rotatable bonds is 4. The molecule has 7 heteroatoms. The van der Waals surface area contributed by atoms with Crippen LogP contribution < -0.4 is 0 Å². The molecule has 0 saturated carbocycles. The topological polar surface area (TPSA) is 52.0 Å². The van der Waals surface area contributed by atoms with Crippen LogP contribution in [0.5, 0.6) is 0 Å². The normalized spacial score (nSPS) is 11.6. The van der Waals surface area contributed by atoms with Crippen molar-refractivity contribution in [2.45, 2.75) is 4.90 Å². The smallest absolute Gasteiger partial charge is 0.175 e. The van der Waals surface area contributed by atoms with Crippen molar-refractivity contribution in [1.29, 1.82) is 0 Å². The lowest BCUT2D eigenvalue weighted by molar-refractivity contribution is 0.602. The van der Waals surface area contributed by atoms with Crippen molar-refractivity contribution in [3.05, 3.63) is 77.1 Å². The molecule has 4 rings (SSSR count). The molecule has 2 aromatic carbocycles. The van der Waals surface area contributed by atoms with Gasteiger partial charge in [-0.3, -0.25) is 0 Å². The van der Waals surface area contributed by atoms with Crippen LogP contribution in [-0.2, 0) is 9.84 Å². The maximum Gasteiger partial charge on any atom is 0.175 e. The van der Waals surface area contributed by atoms with Crippen LogP contribution >= 0.6 is 22.9 Å². The molecule has 0 fully saturated rings. The fourth-order valence-corrected chi connectivity index (χ4v) is 4.22. The molecule has 0 N–H and O–H groups in total. The molecule has 136 valence electrons. The summed E-state index contributed by atoms with van der Waals surface area (Å²) >= 11 is 7.65. The monoisotopic (exact) mass is 414 g/mol. The van der Waals surface area contributed by atoms with E-state index in [0.717, 1.165) is 27.5 Å². The number of nitrogens with zero attached hydrogens (tertiary/aromatic N) is 2. The predicted molar refractivity (Wildman–Crippen MR) is 110 cm³/mol. The molecule has 0 spiro atoms. The molecule has 0 aliphatic carbocycles. The summed E-state index contributed by atoms with van der Waals surface area (Å²) in [4.78, 5) is 1.35. The molecule has 0 unspecified atom stereocenters. The van der Waals surface area contributed by atoms with Crippen LogP contribution in [0.1, 0.15) is 0 Å². The van der Waals surface area contributed by atoms with Crippen LogP contribution in [0.4, 0.5) is 0 Å². The zero-order chi connectivity index (χ0) is 19.0. The molecular weight excluding hydrogens is 400 g/mol. The van der Waals surface area contributed by atoms with Gasteiger partial charge in [0, 0.05) is 16.8 Å². The van der Waals surface area contributed by atoms with Crippen LogP contribution in [0.2, 0.25) is 5.02 Å². The van der Waals surface area contributed by atoms with Crippen molar-refractivity contribution in [2.24, 2.45) is 0 Å². The van der Waals surface area contributed by atoms with Crippen molar-refractivity contribution in [1.82, 2.24) is 9.78 Å². The van der Waals surface area contributed by atoms with Gasteiger partial charge in [0.05, 0.1) is 21.2 Å². The molecule has 4 aromatic rings. The van der Waals surface area contributed by atoms with E-state index in [-0.39, 0.29) is 4.90 Å². The van der Waals surface area contributed by atoms with Crippen molar-refractivity contribution >= 4 is 32.8 Å². The molecule has 0 amide bonds. The number of hydrogen-bond acceptors (Lipinski definition) is 4. The molecule has 0 atom stereocenters. The lowest BCUT2D eigenvalue weighted by atomic mass is 10.1. The van der Waals surface area contributed by atoms with Gasteiger partial charge in [0.2, 0.25) is 0 Å². The van der Waals surface area contributed by atoms with Crippen molar-refractivity contribution in [3.8, 4) is 27.5 Å². The first-order valence-corrected chi connectivity index (χ1v) is 11.3. The van der Waals surface area contributed by atoms with E-state index in [1.54, 1.807) is 35.6 Å². The first-order valence-electron chi connectivity index (χ1n) is 8.12. The molecule has 0 aliphatic rings. The van der Waals surface area contributed by atoms with E-state index >= 15 is 0 Å². The van der Waals surface area contributed by atoms with E-state index in [4.69, 9.17) is 16.7 Å². The average molecular weight is 415 g/mol. The lowest BCUT2D eigenvalue weighted by Gasteiger charge is -2.08. The summed E-state index contributed by atoms with van der Waals surface area (Å²) in [6.45, 7) is 0. The minimum atomic E-state index is -3.24. The first-order chi connectivity index (χ1) is 12.9. The number of halogens is 1. The van der Waals surface area contributed by atoms with Gasteiger partial charge in [-0.2, -0.15) is 5.10 Å². The van der Waals surface area contributed by atoms with Gasteiger partial charge in [-0.15, -0.1) is 11.3 Å². The Bertz CT molecular complexity index is 1180. The van der Waals surface area contributed by atoms with Crippen molar-refractivity contribution in [2.75, 3.05) is 6.26 Å². The lowest BCUT2D eigenvalue weighted by Crippen LogP contribution is -2.01. The Morgan fingerprint density at radius 3 is 2.30 bits per heavy atom. The predicted octanol–water partition coefficient (Wildman–Crippen LogP) is 5.32. The first kappa shape index (κ1) is 18.0. The van der Waals surface area contributed by atoms with E-state index in [0.29, 0.717) is 5.02 Å². The number of aromatic nitrogens is 2. The highest BCUT2D eigenvalue weighted by atomic mass is 35.5. The second kappa shape index (κ2) is 6.96. The summed E-state index contributed by atoms with van der Waals surface area (Å²) in [5.41, 5.74) is 3.53.